The van der Waals surface area contributed by atoms with Crippen LogP contribution in [-0.2, 0) is 11.3 Å². The molecule has 1 amide bonds. The van der Waals surface area contributed by atoms with E-state index in [1.807, 2.05) is 27.8 Å². The molecule has 30 heavy (non-hydrogen) atoms. The average Bonchev–Trinajstić information content (AvgIpc) is 2.74. The number of para-hydroxylation sites is 2. The van der Waals surface area contributed by atoms with E-state index in [1.165, 1.54) is 17.2 Å². The number of carbonyl (C=O) groups is 1. The van der Waals surface area contributed by atoms with Crippen LogP contribution in [-0.4, -0.2) is 60.4 Å². The Morgan fingerprint density at radius 2 is 1.70 bits per heavy atom. The van der Waals surface area contributed by atoms with E-state index in [9.17, 15) is 14.9 Å². The first kappa shape index (κ1) is 21.8. The Morgan fingerprint density at radius 1 is 1.07 bits per heavy atom. The fraction of sp³-hybridized carbons (Fsp3) is 0.435. The molecule has 0 aliphatic carbocycles. The molecular formula is C23H30N4O3. The van der Waals surface area contributed by atoms with Gasteiger partial charge in [0, 0.05) is 38.8 Å². The zero-order valence-electron chi connectivity index (χ0n) is 18.0. The molecule has 0 bridgehead atoms. The van der Waals surface area contributed by atoms with Gasteiger partial charge in [-0.3, -0.25) is 19.8 Å². The van der Waals surface area contributed by atoms with Gasteiger partial charge in [0.25, 0.3) is 5.69 Å². The Hall–Kier alpha value is -2.93. The number of piperazine rings is 1. The maximum absolute atomic E-state index is 12.7. The van der Waals surface area contributed by atoms with E-state index in [0.29, 0.717) is 44.3 Å². The third-order valence-electron chi connectivity index (χ3n) is 5.56. The predicted molar refractivity (Wildman–Crippen MR) is 119 cm³/mol. The maximum Gasteiger partial charge on any atom is 0.292 e. The summed E-state index contributed by atoms with van der Waals surface area (Å²) in [4.78, 5) is 29.5. The molecular weight excluding hydrogens is 380 g/mol. The highest BCUT2D eigenvalue weighted by atomic mass is 16.6. The summed E-state index contributed by atoms with van der Waals surface area (Å²) in [6, 6.07) is 15.3. The summed E-state index contributed by atoms with van der Waals surface area (Å²) in [6.45, 7) is 7.76. The number of nitro groups is 1. The van der Waals surface area contributed by atoms with Crippen LogP contribution in [0, 0.1) is 10.1 Å². The molecule has 1 heterocycles. The molecule has 1 aliphatic rings. The number of hydrogen-bond acceptors (Lipinski definition) is 5. The van der Waals surface area contributed by atoms with Crippen LogP contribution in [0.25, 0.3) is 0 Å². The third kappa shape index (κ3) is 5.36. The van der Waals surface area contributed by atoms with E-state index in [1.54, 1.807) is 12.1 Å². The molecule has 2 aromatic rings. The van der Waals surface area contributed by atoms with Gasteiger partial charge in [-0.2, -0.15) is 0 Å². The van der Waals surface area contributed by atoms with Gasteiger partial charge in [-0.25, -0.2) is 0 Å². The first-order valence-corrected chi connectivity index (χ1v) is 10.4. The molecule has 0 saturated carbocycles. The van der Waals surface area contributed by atoms with Crippen LogP contribution >= 0.6 is 0 Å². The second-order valence-electron chi connectivity index (χ2n) is 8.18. The highest BCUT2D eigenvalue weighted by Crippen LogP contribution is 2.28. The SMILES string of the molecule is CC(C)c1ccc(CN(C)CC(=O)N2CCN(c3ccccc3[N+](=O)[O-])CC2)cc1. The molecule has 3 rings (SSSR count). The Morgan fingerprint density at radius 3 is 2.30 bits per heavy atom. The molecule has 0 atom stereocenters. The first-order chi connectivity index (χ1) is 14.3. The molecule has 0 spiro atoms. The number of amides is 1. The van der Waals surface area contributed by atoms with Gasteiger partial charge in [0.05, 0.1) is 11.5 Å². The minimum absolute atomic E-state index is 0.0958. The molecule has 0 N–H and O–H groups in total. The summed E-state index contributed by atoms with van der Waals surface area (Å²) in [5.74, 6) is 0.604. The number of likely N-dealkylation sites (N-methyl/N-ethyl adjacent to an activating group) is 1. The van der Waals surface area contributed by atoms with E-state index >= 15 is 0 Å². The Balaban J connectivity index is 1.51. The van der Waals surface area contributed by atoms with Gasteiger partial charge < -0.3 is 9.80 Å². The Bertz CT molecular complexity index is 874. The van der Waals surface area contributed by atoms with E-state index < -0.39 is 0 Å². The van der Waals surface area contributed by atoms with Crippen LogP contribution in [0.15, 0.2) is 48.5 Å². The lowest BCUT2D eigenvalue weighted by Crippen LogP contribution is -2.51. The van der Waals surface area contributed by atoms with E-state index in [2.05, 4.69) is 38.1 Å². The monoisotopic (exact) mass is 410 g/mol. The predicted octanol–water partition coefficient (Wildman–Crippen LogP) is 3.50. The Labute approximate surface area is 178 Å². The van der Waals surface area contributed by atoms with Crippen LogP contribution in [0.3, 0.4) is 0 Å². The second kappa shape index (κ2) is 9.71. The summed E-state index contributed by atoms with van der Waals surface area (Å²) in [5.41, 5.74) is 3.24. The molecule has 0 radical (unpaired) electrons. The van der Waals surface area contributed by atoms with E-state index in [4.69, 9.17) is 0 Å². The van der Waals surface area contributed by atoms with E-state index in [-0.39, 0.29) is 16.5 Å². The van der Waals surface area contributed by atoms with Crippen molar-refractivity contribution in [3.05, 3.63) is 69.8 Å². The van der Waals surface area contributed by atoms with Gasteiger partial charge in [0.2, 0.25) is 5.91 Å². The standard InChI is InChI=1S/C23H30N4O3/c1-18(2)20-10-8-19(9-11-20)16-24(3)17-23(28)26-14-12-25(13-15-26)21-6-4-5-7-22(21)27(29)30/h4-11,18H,12-17H2,1-3H3. The lowest BCUT2D eigenvalue weighted by Gasteiger charge is -2.36. The first-order valence-electron chi connectivity index (χ1n) is 10.4. The topological polar surface area (TPSA) is 69.9 Å². The Kier molecular flexibility index (Phi) is 7.05. The van der Waals surface area contributed by atoms with Crippen molar-refractivity contribution in [2.75, 3.05) is 44.7 Å². The number of rotatable bonds is 7. The summed E-state index contributed by atoms with van der Waals surface area (Å²) < 4.78 is 0. The lowest BCUT2D eigenvalue weighted by molar-refractivity contribution is -0.384. The number of benzene rings is 2. The number of carbonyl (C=O) groups excluding carboxylic acids is 1. The van der Waals surface area contributed by atoms with Crippen molar-refractivity contribution in [3.8, 4) is 0 Å². The quantitative estimate of drug-likeness (QED) is 0.516. The van der Waals surface area contributed by atoms with Gasteiger partial charge in [0.15, 0.2) is 0 Å². The number of nitro benzene ring substituents is 1. The smallest absolute Gasteiger partial charge is 0.292 e. The largest absolute Gasteiger partial charge is 0.362 e. The van der Waals surface area contributed by atoms with Crippen molar-refractivity contribution >= 4 is 17.3 Å². The second-order valence-corrected chi connectivity index (χ2v) is 8.18. The number of hydrogen-bond donors (Lipinski definition) is 0. The molecule has 7 heteroatoms. The van der Waals surface area contributed by atoms with Gasteiger partial charge >= 0.3 is 0 Å². The van der Waals surface area contributed by atoms with Crippen molar-refractivity contribution in [1.29, 1.82) is 0 Å². The van der Waals surface area contributed by atoms with Crippen LogP contribution < -0.4 is 4.90 Å². The molecule has 1 aliphatic heterocycles. The van der Waals surface area contributed by atoms with Crippen LogP contribution in [0.5, 0.6) is 0 Å². The molecule has 1 saturated heterocycles. The van der Waals surface area contributed by atoms with Crippen molar-refractivity contribution in [1.82, 2.24) is 9.80 Å². The normalized spacial score (nSPS) is 14.4. The van der Waals surface area contributed by atoms with Gasteiger partial charge in [0.1, 0.15) is 5.69 Å². The molecule has 1 fully saturated rings. The molecule has 160 valence electrons. The van der Waals surface area contributed by atoms with Crippen molar-refractivity contribution in [2.24, 2.45) is 0 Å². The van der Waals surface area contributed by atoms with Crippen molar-refractivity contribution in [2.45, 2.75) is 26.3 Å². The van der Waals surface area contributed by atoms with E-state index in [0.717, 1.165) is 6.54 Å². The molecule has 7 nitrogen and oxygen atoms in total. The zero-order chi connectivity index (χ0) is 21.7. The van der Waals surface area contributed by atoms with Gasteiger partial charge in [-0.05, 0) is 30.2 Å². The van der Waals surface area contributed by atoms with Crippen molar-refractivity contribution < 1.29 is 9.72 Å². The molecule has 2 aromatic carbocycles. The third-order valence-corrected chi connectivity index (χ3v) is 5.56. The molecule has 0 aromatic heterocycles. The van der Waals surface area contributed by atoms with Gasteiger partial charge in [-0.15, -0.1) is 0 Å². The van der Waals surface area contributed by atoms with Crippen LogP contribution in [0.1, 0.15) is 30.9 Å². The average molecular weight is 411 g/mol. The highest BCUT2D eigenvalue weighted by Gasteiger charge is 2.25. The summed E-state index contributed by atoms with van der Waals surface area (Å²) >= 11 is 0. The maximum atomic E-state index is 12.7. The highest BCUT2D eigenvalue weighted by molar-refractivity contribution is 5.78. The molecule has 0 unspecified atom stereocenters. The number of anilines is 1. The minimum Gasteiger partial charge on any atom is -0.362 e. The fourth-order valence-electron chi connectivity index (χ4n) is 3.79. The van der Waals surface area contributed by atoms with Gasteiger partial charge in [-0.1, -0.05) is 50.2 Å². The lowest BCUT2D eigenvalue weighted by atomic mass is 10.0. The number of nitrogens with zero attached hydrogens (tertiary/aromatic N) is 4. The summed E-state index contributed by atoms with van der Waals surface area (Å²) in [5, 5.41) is 11.3. The zero-order valence-corrected chi connectivity index (χ0v) is 18.0. The summed E-state index contributed by atoms with van der Waals surface area (Å²) in [6.07, 6.45) is 0. The minimum atomic E-state index is -0.352. The fourth-order valence-corrected chi connectivity index (χ4v) is 3.79. The summed E-state index contributed by atoms with van der Waals surface area (Å²) in [7, 11) is 1.96. The van der Waals surface area contributed by atoms with Crippen LogP contribution in [0.2, 0.25) is 0 Å². The van der Waals surface area contributed by atoms with Crippen molar-refractivity contribution in [3.63, 3.8) is 0 Å². The van der Waals surface area contributed by atoms with Crippen LogP contribution in [0.4, 0.5) is 11.4 Å².